The molecule has 4 heteroatoms. The van der Waals surface area contributed by atoms with E-state index in [1.807, 2.05) is 61.5 Å². The highest BCUT2D eigenvalue weighted by molar-refractivity contribution is 6.31. The molecule has 0 aliphatic heterocycles. The molecule has 2 atom stereocenters. The normalized spacial score (nSPS) is 13.7. The first-order valence-corrected chi connectivity index (χ1v) is 6.82. The molecule has 0 saturated carbocycles. The summed E-state index contributed by atoms with van der Waals surface area (Å²) in [6.07, 6.45) is 0. The number of nitrogens with two attached hydrogens (primary N) is 1. The standard InChI is InChI=1S/C16H17ClN2O/c1-11(13-9-5-6-10-14(13)17)19-15(16(18)20)12-7-3-2-4-8-12/h2-11,15,19H,1H3,(H2,18,20)/t11-,15-/m0/s1. The monoisotopic (exact) mass is 288 g/mol. The van der Waals surface area contributed by atoms with Crippen LogP contribution in [0.5, 0.6) is 0 Å². The zero-order valence-electron chi connectivity index (χ0n) is 11.2. The maximum absolute atomic E-state index is 11.7. The SMILES string of the molecule is C[C@H](N[C@H](C(N)=O)c1ccccc1)c1ccccc1Cl. The molecule has 2 rings (SSSR count). The highest BCUT2D eigenvalue weighted by atomic mass is 35.5. The zero-order valence-corrected chi connectivity index (χ0v) is 12.0. The van der Waals surface area contributed by atoms with Crippen LogP contribution < -0.4 is 11.1 Å². The molecule has 2 aromatic rings. The summed E-state index contributed by atoms with van der Waals surface area (Å²) in [4.78, 5) is 11.7. The number of carbonyl (C=O) groups is 1. The number of hydrogen-bond donors (Lipinski definition) is 2. The summed E-state index contributed by atoms with van der Waals surface area (Å²) in [5, 5.41) is 3.90. The van der Waals surface area contributed by atoms with E-state index in [0.29, 0.717) is 5.02 Å². The Morgan fingerprint density at radius 2 is 1.70 bits per heavy atom. The molecule has 0 aromatic heterocycles. The van der Waals surface area contributed by atoms with E-state index in [1.54, 1.807) is 0 Å². The summed E-state index contributed by atoms with van der Waals surface area (Å²) < 4.78 is 0. The lowest BCUT2D eigenvalue weighted by atomic mass is 10.0. The highest BCUT2D eigenvalue weighted by Gasteiger charge is 2.21. The topological polar surface area (TPSA) is 55.1 Å². The van der Waals surface area contributed by atoms with Crippen molar-refractivity contribution in [3.63, 3.8) is 0 Å². The van der Waals surface area contributed by atoms with Crippen molar-refractivity contribution < 1.29 is 4.79 Å². The number of rotatable bonds is 5. The smallest absolute Gasteiger partial charge is 0.239 e. The van der Waals surface area contributed by atoms with Crippen molar-refractivity contribution in [1.82, 2.24) is 5.32 Å². The van der Waals surface area contributed by atoms with Gasteiger partial charge in [-0.25, -0.2) is 0 Å². The fourth-order valence-electron chi connectivity index (χ4n) is 2.15. The van der Waals surface area contributed by atoms with Gasteiger partial charge in [-0.05, 0) is 24.1 Å². The van der Waals surface area contributed by atoms with Gasteiger partial charge in [-0.2, -0.15) is 0 Å². The first kappa shape index (κ1) is 14.6. The first-order chi connectivity index (χ1) is 9.59. The van der Waals surface area contributed by atoms with E-state index in [-0.39, 0.29) is 6.04 Å². The Morgan fingerprint density at radius 3 is 2.30 bits per heavy atom. The van der Waals surface area contributed by atoms with Crippen LogP contribution in [-0.4, -0.2) is 5.91 Å². The lowest BCUT2D eigenvalue weighted by molar-refractivity contribution is -0.120. The van der Waals surface area contributed by atoms with Gasteiger partial charge >= 0.3 is 0 Å². The molecule has 0 aliphatic rings. The van der Waals surface area contributed by atoms with Gasteiger partial charge in [-0.15, -0.1) is 0 Å². The Labute approximate surface area is 123 Å². The van der Waals surface area contributed by atoms with Crippen molar-refractivity contribution in [2.75, 3.05) is 0 Å². The van der Waals surface area contributed by atoms with Crippen molar-refractivity contribution in [1.29, 1.82) is 0 Å². The van der Waals surface area contributed by atoms with Crippen LogP contribution >= 0.6 is 11.6 Å². The minimum Gasteiger partial charge on any atom is -0.368 e. The van der Waals surface area contributed by atoms with E-state index in [9.17, 15) is 4.79 Å². The Morgan fingerprint density at radius 1 is 1.10 bits per heavy atom. The van der Waals surface area contributed by atoms with Gasteiger partial charge in [0.05, 0.1) is 0 Å². The second-order valence-electron chi connectivity index (χ2n) is 4.66. The van der Waals surface area contributed by atoms with E-state index in [4.69, 9.17) is 17.3 Å². The van der Waals surface area contributed by atoms with Gasteiger partial charge < -0.3 is 5.73 Å². The molecule has 3 N–H and O–H groups in total. The van der Waals surface area contributed by atoms with Crippen LogP contribution in [0.1, 0.15) is 30.1 Å². The Hall–Kier alpha value is -1.84. The molecule has 2 aromatic carbocycles. The number of hydrogen-bond acceptors (Lipinski definition) is 2. The van der Waals surface area contributed by atoms with Gasteiger partial charge in [-0.1, -0.05) is 60.1 Å². The van der Waals surface area contributed by atoms with E-state index < -0.39 is 11.9 Å². The Kier molecular flexibility index (Phi) is 4.77. The van der Waals surface area contributed by atoms with Crippen LogP contribution in [0.25, 0.3) is 0 Å². The van der Waals surface area contributed by atoms with Crippen LogP contribution in [0.4, 0.5) is 0 Å². The lowest BCUT2D eigenvalue weighted by Gasteiger charge is -2.22. The Balaban J connectivity index is 2.21. The van der Waals surface area contributed by atoms with Crippen LogP contribution in [0.3, 0.4) is 0 Å². The summed E-state index contributed by atoms with van der Waals surface area (Å²) in [7, 11) is 0. The maximum atomic E-state index is 11.7. The predicted molar refractivity (Wildman–Crippen MR) is 81.4 cm³/mol. The minimum atomic E-state index is -0.539. The third-order valence-corrected chi connectivity index (χ3v) is 3.55. The number of nitrogens with one attached hydrogen (secondary N) is 1. The van der Waals surface area contributed by atoms with E-state index in [2.05, 4.69) is 5.32 Å². The number of primary amides is 1. The average Bonchev–Trinajstić information content (AvgIpc) is 2.45. The molecule has 0 saturated heterocycles. The molecule has 0 aliphatic carbocycles. The fourth-order valence-corrected chi connectivity index (χ4v) is 2.45. The van der Waals surface area contributed by atoms with Crippen molar-refractivity contribution >= 4 is 17.5 Å². The van der Waals surface area contributed by atoms with E-state index in [1.165, 1.54) is 0 Å². The minimum absolute atomic E-state index is 0.0820. The summed E-state index contributed by atoms with van der Waals surface area (Å²) in [5.74, 6) is -0.407. The van der Waals surface area contributed by atoms with Crippen LogP contribution in [0.2, 0.25) is 5.02 Å². The third kappa shape index (κ3) is 3.38. The number of benzene rings is 2. The first-order valence-electron chi connectivity index (χ1n) is 6.44. The molecule has 104 valence electrons. The van der Waals surface area contributed by atoms with Gasteiger partial charge in [0.2, 0.25) is 5.91 Å². The largest absolute Gasteiger partial charge is 0.368 e. The zero-order chi connectivity index (χ0) is 14.5. The van der Waals surface area contributed by atoms with Crippen molar-refractivity contribution in [2.45, 2.75) is 19.0 Å². The summed E-state index contributed by atoms with van der Waals surface area (Å²) >= 11 is 6.17. The van der Waals surface area contributed by atoms with E-state index in [0.717, 1.165) is 11.1 Å². The van der Waals surface area contributed by atoms with Gasteiger partial charge in [-0.3, -0.25) is 10.1 Å². The predicted octanol–water partition coefficient (Wildman–Crippen LogP) is 3.22. The van der Waals surface area contributed by atoms with Crippen LogP contribution in [-0.2, 0) is 4.79 Å². The molecule has 0 unspecified atom stereocenters. The number of carbonyl (C=O) groups excluding carboxylic acids is 1. The molecule has 0 fully saturated rings. The van der Waals surface area contributed by atoms with Crippen LogP contribution in [0.15, 0.2) is 54.6 Å². The second kappa shape index (κ2) is 6.55. The van der Waals surface area contributed by atoms with Gasteiger partial charge in [0.1, 0.15) is 6.04 Å². The van der Waals surface area contributed by atoms with Gasteiger partial charge in [0.25, 0.3) is 0 Å². The van der Waals surface area contributed by atoms with Crippen molar-refractivity contribution in [3.8, 4) is 0 Å². The molecule has 0 radical (unpaired) electrons. The fraction of sp³-hybridized carbons (Fsp3) is 0.188. The molecule has 0 bridgehead atoms. The molecule has 1 amide bonds. The molecule has 0 spiro atoms. The summed E-state index contributed by atoms with van der Waals surface area (Å²) in [5.41, 5.74) is 7.29. The second-order valence-corrected chi connectivity index (χ2v) is 5.06. The third-order valence-electron chi connectivity index (χ3n) is 3.21. The van der Waals surface area contributed by atoms with Gasteiger partial charge in [0.15, 0.2) is 0 Å². The van der Waals surface area contributed by atoms with Gasteiger partial charge in [0, 0.05) is 11.1 Å². The molecule has 20 heavy (non-hydrogen) atoms. The van der Waals surface area contributed by atoms with Crippen LogP contribution in [0, 0.1) is 0 Å². The quantitative estimate of drug-likeness (QED) is 0.887. The molecule has 0 heterocycles. The number of halogens is 1. The molecular formula is C16H17ClN2O. The Bertz CT molecular complexity index is 586. The van der Waals surface area contributed by atoms with Crippen molar-refractivity contribution in [3.05, 3.63) is 70.7 Å². The van der Waals surface area contributed by atoms with Crippen molar-refractivity contribution in [2.24, 2.45) is 5.73 Å². The lowest BCUT2D eigenvalue weighted by Crippen LogP contribution is -2.35. The summed E-state index contributed by atoms with van der Waals surface area (Å²) in [6.45, 7) is 1.96. The molecule has 3 nitrogen and oxygen atoms in total. The highest BCUT2D eigenvalue weighted by Crippen LogP contribution is 2.25. The summed E-state index contributed by atoms with van der Waals surface area (Å²) in [6, 6.07) is 16.4. The maximum Gasteiger partial charge on any atom is 0.239 e. The number of amides is 1. The van der Waals surface area contributed by atoms with E-state index >= 15 is 0 Å². The average molecular weight is 289 g/mol. The molecular weight excluding hydrogens is 272 g/mol.